The molecule has 288 valence electrons. The van der Waals surface area contributed by atoms with Crippen LogP contribution in [0.2, 0.25) is 0 Å². The summed E-state index contributed by atoms with van der Waals surface area (Å²) in [5.74, 6) is -23.0. The molecule has 1 aliphatic rings. The highest BCUT2D eigenvalue weighted by Gasteiger charge is 2.33. The molecule has 17 heteroatoms. The van der Waals surface area contributed by atoms with E-state index in [1.54, 1.807) is 60.7 Å². The number of rotatable bonds is 7. The van der Waals surface area contributed by atoms with Gasteiger partial charge in [-0.1, -0.05) is 78.9 Å². The molecule has 1 aromatic heterocycles. The van der Waals surface area contributed by atoms with E-state index in [9.17, 15) is 43.9 Å². The zero-order valence-corrected chi connectivity index (χ0v) is 28.3. The predicted molar refractivity (Wildman–Crippen MR) is 170 cm³/mol. The van der Waals surface area contributed by atoms with Crippen molar-refractivity contribution in [3.05, 3.63) is 190 Å². The Morgan fingerprint density at radius 1 is 0.500 bits per heavy atom. The third kappa shape index (κ3) is 9.42. The van der Waals surface area contributed by atoms with Crippen LogP contribution in [0.25, 0.3) is 39.9 Å². The molecule has 0 saturated carbocycles. The van der Waals surface area contributed by atoms with Crippen LogP contribution in [0.5, 0.6) is 0 Å². The van der Waals surface area contributed by atoms with E-state index in [1.165, 1.54) is 42.5 Å². The van der Waals surface area contributed by atoms with Crippen molar-refractivity contribution in [3.8, 4) is 22.5 Å². The number of allylic oxidation sites excluding steroid dienone is 7. The Kier molecular flexibility index (Phi) is 12.6. The van der Waals surface area contributed by atoms with E-state index in [0.717, 1.165) is 12.1 Å². The quantitative estimate of drug-likeness (QED) is 0.0569. The minimum atomic E-state index is -4.94. The third-order valence-electron chi connectivity index (χ3n) is 7.49. The van der Waals surface area contributed by atoms with E-state index >= 15 is 0 Å². The van der Waals surface area contributed by atoms with Crippen molar-refractivity contribution >= 4 is 17.4 Å². The molecule has 0 unspecified atom stereocenters. The molecule has 56 heavy (non-hydrogen) atoms. The fourth-order valence-electron chi connectivity index (χ4n) is 5.06. The maximum atomic E-state index is 14.7. The molecule has 0 bridgehead atoms. The summed E-state index contributed by atoms with van der Waals surface area (Å²) in [6, 6.07) is 19.2. The molecule has 0 fully saturated rings. The summed E-state index contributed by atoms with van der Waals surface area (Å²) in [6.07, 6.45) is 9.34. The van der Waals surface area contributed by atoms with Crippen LogP contribution in [0.4, 0.5) is 43.9 Å². The Balaban J connectivity index is 0.00000113. The second kappa shape index (κ2) is 17.2. The van der Waals surface area contributed by atoms with Crippen LogP contribution in [0.3, 0.4) is 0 Å². The van der Waals surface area contributed by atoms with Crippen LogP contribution in [0.1, 0.15) is 16.9 Å². The van der Waals surface area contributed by atoms with Crippen molar-refractivity contribution in [2.24, 2.45) is 0 Å². The number of benzene rings is 4. The molecule has 0 spiro atoms. The summed E-state index contributed by atoms with van der Waals surface area (Å²) in [4.78, 5) is 0. The molecular weight excluding hydrogens is 790 g/mol. The molecular formula is C39H19ClF10O6. The molecule has 0 atom stereocenters. The van der Waals surface area contributed by atoms with E-state index in [4.69, 9.17) is 27.8 Å². The van der Waals surface area contributed by atoms with Crippen molar-refractivity contribution in [2.75, 3.05) is 0 Å². The van der Waals surface area contributed by atoms with E-state index < -0.39 is 91.1 Å². The second-order valence-corrected chi connectivity index (χ2v) is 11.9. The summed E-state index contributed by atoms with van der Waals surface area (Å²) in [7, 11) is -4.94. The molecule has 0 N–H and O–H groups in total. The molecule has 0 aliphatic carbocycles. The van der Waals surface area contributed by atoms with Gasteiger partial charge >= 0.3 is 11.5 Å². The van der Waals surface area contributed by atoms with Crippen molar-refractivity contribution in [1.29, 1.82) is 0 Å². The molecule has 0 saturated heterocycles. The zero-order chi connectivity index (χ0) is 40.9. The molecule has 0 radical (unpaired) electrons. The van der Waals surface area contributed by atoms with Gasteiger partial charge in [0.25, 0.3) is 0 Å². The van der Waals surface area contributed by atoms with Crippen LogP contribution in [0, 0.1) is 68.4 Å². The molecule has 6 rings (SSSR count). The monoisotopic (exact) mass is 808 g/mol. The third-order valence-corrected chi connectivity index (χ3v) is 7.49. The van der Waals surface area contributed by atoms with E-state index in [0.29, 0.717) is 22.3 Å². The number of halogens is 11. The average molecular weight is 809 g/mol. The predicted octanol–water partition coefficient (Wildman–Crippen LogP) is 7.14. The normalized spacial score (nSPS) is 13.8. The molecule has 2 heterocycles. The second-order valence-electron chi connectivity index (χ2n) is 11.1. The van der Waals surface area contributed by atoms with Gasteiger partial charge in [-0.15, -0.1) is 10.2 Å². The van der Waals surface area contributed by atoms with Crippen molar-refractivity contribution in [2.45, 2.75) is 0 Å². The van der Waals surface area contributed by atoms with Gasteiger partial charge in [-0.25, -0.2) is 67.0 Å². The van der Waals surface area contributed by atoms with E-state index in [1.807, 2.05) is 0 Å². The molecule has 5 aromatic rings. The summed E-state index contributed by atoms with van der Waals surface area (Å²) < 4.78 is 188. The van der Waals surface area contributed by atoms with Gasteiger partial charge in [0.1, 0.15) is 11.5 Å². The number of hydrogen-bond donors (Lipinski definition) is 0. The summed E-state index contributed by atoms with van der Waals surface area (Å²) in [6.45, 7) is 0. The fourth-order valence-corrected chi connectivity index (χ4v) is 5.06. The number of ether oxygens (including phenoxy) is 1. The Bertz CT molecular complexity index is 2380. The highest BCUT2D eigenvalue weighted by Crippen LogP contribution is 2.37. The first-order valence-corrected chi connectivity index (χ1v) is 16.6. The highest BCUT2D eigenvalue weighted by molar-refractivity contribution is 5.85. The van der Waals surface area contributed by atoms with Crippen LogP contribution in [0.15, 0.2) is 119 Å². The van der Waals surface area contributed by atoms with Gasteiger partial charge < -0.3 is 4.74 Å². The molecule has 4 aromatic carbocycles. The van der Waals surface area contributed by atoms with Gasteiger partial charge in [0.05, 0.1) is 17.7 Å². The largest absolute Gasteiger partial charge is 0.456 e. The standard InChI is InChI=1S/C39H19F10O2.ClHO4/c40-30-28(31(41)35(45)38(48)34(30)44)26-18-22(20-10-4-1-5-11-20)16-24(50-26)14-8-3-9-15-25-17-23(21-12-6-2-7-13-21)19-27(51-25)29-32(42)36(46)39(49)37(47)33(29)43;2-1(3,4)5/h1-19H;(H,2,3,4,5)/q+1;/p-1. The minimum absolute atomic E-state index is 0.0655. The molecule has 0 amide bonds. The smallest absolute Gasteiger partial charge is 0.367 e. The fraction of sp³-hybridized carbons (Fsp3) is 0. The van der Waals surface area contributed by atoms with Gasteiger partial charge in [0.2, 0.25) is 11.6 Å². The van der Waals surface area contributed by atoms with Crippen molar-refractivity contribution in [1.82, 2.24) is 0 Å². The first-order valence-electron chi connectivity index (χ1n) is 15.4. The van der Waals surface area contributed by atoms with Gasteiger partial charge in [0.15, 0.2) is 52.1 Å². The molecule has 6 nitrogen and oxygen atoms in total. The Labute approximate surface area is 311 Å². The lowest BCUT2D eigenvalue weighted by atomic mass is 10.00. The Morgan fingerprint density at radius 3 is 1.48 bits per heavy atom. The van der Waals surface area contributed by atoms with Gasteiger partial charge in [-0.3, -0.25) is 0 Å². The lowest BCUT2D eigenvalue weighted by Crippen LogP contribution is -2.68. The maximum Gasteiger partial charge on any atom is 0.367 e. The minimum Gasteiger partial charge on any atom is -0.456 e. The first-order chi connectivity index (χ1) is 26.5. The van der Waals surface area contributed by atoms with Crippen molar-refractivity contribution in [3.63, 3.8) is 0 Å². The summed E-state index contributed by atoms with van der Waals surface area (Å²) >= 11 is 0. The lowest BCUT2D eigenvalue weighted by molar-refractivity contribution is -2.00. The van der Waals surface area contributed by atoms with E-state index in [-0.39, 0.29) is 11.5 Å². The Morgan fingerprint density at radius 2 is 0.964 bits per heavy atom. The van der Waals surface area contributed by atoms with Crippen LogP contribution in [-0.4, -0.2) is 0 Å². The average Bonchev–Trinajstić information content (AvgIpc) is 3.17. The lowest BCUT2D eigenvalue weighted by Gasteiger charge is -2.19. The summed E-state index contributed by atoms with van der Waals surface area (Å²) in [5.41, 5.74) is -0.858. The van der Waals surface area contributed by atoms with Crippen LogP contribution >= 0.6 is 0 Å². The maximum absolute atomic E-state index is 14.7. The van der Waals surface area contributed by atoms with Crippen LogP contribution < -0.4 is 18.6 Å². The highest BCUT2D eigenvalue weighted by atomic mass is 35.7. The topological polar surface area (TPSA) is 113 Å². The Hall–Kier alpha value is -6.04. The van der Waals surface area contributed by atoms with Crippen molar-refractivity contribution < 1.29 is 81.9 Å². The summed E-state index contributed by atoms with van der Waals surface area (Å²) in [5, 5.41) is 0. The van der Waals surface area contributed by atoms with Gasteiger partial charge in [-0.2, -0.15) is 0 Å². The van der Waals surface area contributed by atoms with Gasteiger partial charge in [0, 0.05) is 11.6 Å². The van der Waals surface area contributed by atoms with E-state index in [2.05, 4.69) is 0 Å². The SMILES string of the molecule is Fc1c(F)c(F)c(C2=CC(c3ccccc3)=C\C(=C/C=C/C=C/c3cc(-c4ccccc4)cc(-c4c(F)c(F)c(F)c(F)c4F)[o+]3)O2)c(F)c1F.[O-][Cl+3]([O-])([O-])[O-]. The van der Waals surface area contributed by atoms with Gasteiger partial charge in [-0.05, 0) is 34.9 Å². The molecule has 1 aliphatic heterocycles. The number of hydrogen-bond acceptors (Lipinski definition) is 5. The zero-order valence-electron chi connectivity index (χ0n) is 27.6. The van der Waals surface area contributed by atoms with Crippen LogP contribution in [-0.2, 0) is 4.74 Å². The first kappa shape index (κ1) is 41.1.